The first-order valence-electron chi connectivity index (χ1n) is 13.7. The first-order valence-corrected chi connectivity index (χ1v) is 14.5. The topological polar surface area (TPSA) is 73.1 Å². The van der Waals surface area contributed by atoms with E-state index in [0.717, 1.165) is 36.2 Å². The maximum atomic E-state index is 14.0. The summed E-state index contributed by atoms with van der Waals surface area (Å²) >= 11 is 1.36. The molecule has 0 spiro atoms. The second-order valence-electron chi connectivity index (χ2n) is 9.93. The van der Waals surface area contributed by atoms with E-state index < -0.39 is 12.0 Å². The number of allylic oxidation sites excluding steroid dienone is 1. The Hall–Kier alpha value is -3.65. The van der Waals surface area contributed by atoms with E-state index in [1.807, 2.05) is 30.3 Å². The van der Waals surface area contributed by atoms with E-state index in [9.17, 15) is 9.59 Å². The van der Waals surface area contributed by atoms with Crippen molar-refractivity contribution in [1.82, 2.24) is 4.57 Å². The van der Waals surface area contributed by atoms with Gasteiger partial charge in [0.15, 0.2) is 4.80 Å². The molecule has 0 bridgehead atoms. The van der Waals surface area contributed by atoms with Crippen molar-refractivity contribution in [2.24, 2.45) is 4.99 Å². The fraction of sp³-hybridized carbons (Fsp3) is 0.387. The van der Waals surface area contributed by atoms with E-state index in [2.05, 4.69) is 36.9 Å². The van der Waals surface area contributed by atoms with Gasteiger partial charge in [0, 0.05) is 18.8 Å². The van der Waals surface area contributed by atoms with Gasteiger partial charge in [0.2, 0.25) is 0 Å². The molecule has 1 saturated heterocycles. The molecule has 0 N–H and O–H groups in total. The Balaban J connectivity index is 1.68. The van der Waals surface area contributed by atoms with Crippen molar-refractivity contribution in [3.8, 4) is 5.75 Å². The molecule has 0 amide bonds. The monoisotopic (exact) mass is 545 g/mol. The molecule has 0 aliphatic carbocycles. The van der Waals surface area contributed by atoms with Crippen molar-refractivity contribution >= 4 is 29.1 Å². The highest BCUT2D eigenvalue weighted by Crippen LogP contribution is 2.34. The van der Waals surface area contributed by atoms with Crippen molar-refractivity contribution in [3.63, 3.8) is 0 Å². The van der Waals surface area contributed by atoms with Gasteiger partial charge in [0.1, 0.15) is 5.75 Å². The van der Waals surface area contributed by atoms with Crippen LogP contribution in [0.1, 0.15) is 62.3 Å². The van der Waals surface area contributed by atoms with E-state index in [4.69, 9.17) is 14.5 Å². The Labute approximate surface area is 232 Å². The molecular weight excluding hydrogens is 510 g/mol. The summed E-state index contributed by atoms with van der Waals surface area (Å²) in [6.07, 6.45) is 5.82. The van der Waals surface area contributed by atoms with Crippen LogP contribution in [0.3, 0.4) is 0 Å². The summed E-state index contributed by atoms with van der Waals surface area (Å²) in [6.45, 7) is 8.33. The predicted molar refractivity (Wildman–Crippen MR) is 155 cm³/mol. The van der Waals surface area contributed by atoms with Crippen LogP contribution in [-0.2, 0) is 9.53 Å². The molecule has 0 unspecified atom stereocenters. The van der Waals surface area contributed by atoms with Gasteiger partial charge in [-0.15, -0.1) is 0 Å². The number of rotatable bonds is 8. The summed E-state index contributed by atoms with van der Waals surface area (Å²) in [5.41, 5.74) is 5.03. The van der Waals surface area contributed by atoms with E-state index in [1.165, 1.54) is 29.9 Å². The smallest absolute Gasteiger partial charge is 0.338 e. The minimum atomic E-state index is -0.655. The maximum Gasteiger partial charge on any atom is 0.338 e. The number of esters is 1. The molecule has 2 aromatic carbocycles. The zero-order valence-electron chi connectivity index (χ0n) is 23.0. The molecular formula is C31H35N3O4S. The van der Waals surface area contributed by atoms with Gasteiger partial charge in [-0.2, -0.15) is 0 Å². The predicted octanol–water partition coefficient (Wildman–Crippen LogP) is 4.50. The molecule has 3 aromatic rings. The van der Waals surface area contributed by atoms with E-state index in [1.54, 1.807) is 18.6 Å². The van der Waals surface area contributed by atoms with Gasteiger partial charge in [-0.3, -0.25) is 9.36 Å². The fourth-order valence-electron chi connectivity index (χ4n) is 5.38. The van der Waals surface area contributed by atoms with Crippen LogP contribution < -0.4 is 24.5 Å². The van der Waals surface area contributed by atoms with Crippen LogP contribution in [0.4, 0.5) is 5.69 Å². The van der Waals surface area contributed by atoms with Crippen LogP contribution in [0, 0.1) is 6.92 Å². The number of fused-ring (bicyclic) bond motifs is 1. The summed E-state index contributed by atoms with van der Waals surface area (Å²) in [4.78, 5) is 35.2. The lowest BCUT2D eigenvalue weighted by Crippen LogP contribution is -2.40. The number of aryl methyl sites for hydroxylation is 1. The summed E-state index contributed by atoms with van der Waals surface area (Å²) in [7, 11) is 1.60. The molecule has 2 aliphatic rings. The van der Waals surface area contributed by atoms with Gasteiger partial charge >= 0.3 is 5.97 Å². The highest BCUT2D eigenvalue weighted by molar-refractivity contribution is 7.07. The molecule has 1 aromatic heterocycles. The Bertz CT molecular complexity index is 1590. The lowest BCUT2D eigenvalue weighted by Gasteiger charge is -2.26. The molecule has 204 valence electrons. The number of aromatic nitrogens is 1. The number of anilines is 1. The Kier molecular flexibility index (Phi) is 8.02. The number of benzene rings is 2. The highest BCUT2D eigenvalue weighted by atomic mass is 32.1. The highest BCUT2D eigenvalue weighted by Gasteiger charge is 2.34. The number of thiazole rings is 1. The number of hydrogen-bond donors (Lipinski definition) is 0. The minimum absolute atomic E-state index is 0.174. The molecule has 5 rings (SSSR count). The van der Waals surface area contributed by atoms with Gasteiger partial charge in [-0.05, 0) is 80.1 Å². The average Bonchev–Trinajstić information content (AvgIpc) is 3.58. The van der Waals surface area contributed by atoms with E-state index in [0.29, 0.717) is 32.8 Å². The average molecular weight is 546 g/mol. The summed E-state index contributed by atoms with van der Waals surface area (Å²) < 4.78 is 13.2. The maximum absolute atomic E-state index is 14.0. The van der Waals surface area contributed by atoms with Gasteiger partial charge in [-0.25, -0.2) is 9.79 Å². The molecule has 1 fully saturated rings. The van der Waals surface area contributed by atoms with Crippen LogP contribution in [0.5, 0.6) is 5.75 Å². The number of carbonyl (C=O) groups is 1. The first kappa shape index (κ1) is 26.9. The van der Waals surface area contributed by atoms with Crippen LogP contribution >= 0.6 is 11.3 Å². The number of hydrogen-bond acceptors (Lipinski definition) is 7. The number of carbonyl (C=O) groups excluding carboxylic acids is 1. The van der Waals surface area contributed by atoms with Crippen LogP contribution in [0.15, 0.2) is 63.5 Å². The van der Waals surface area contributed by atoms with Crippen LogP contribution in [0.2, 0.25) is 0 Å². The van der Waals surface area contributed by atoms with Crippen molar-refractivity contribution in [2.45, 2.75) is 52.5 Å². The van der Waals surface area contributed by atoms with Crippen LogP contribution in [-0.4, -0.2) is 37.3 Å². The zero-order chi connectivity index (χ0) is 27.5. The van der Waals surface area contributed by atoms with Crippen molar-refractivity contribution in [3.05, 3.63) is 90.1 Å². The third-order valence-electron chi connectivity index (χ3n) is 7.31. The minimum Gasteiger partial charge on any atom is -0.497 e. The number of ether oxygens (including phenoxy) is 2. The standard InChI is InChI=1S/C31H35N3O4S/c1-5-10-25-27(30(36)38-6-2)28(22-11-9-12-24(18-22)37-4)34-29(35)26(39-31(34)32-25)19-21-13-14-23(17-20(21)3)33-15-7-8-16-33/h9,11-14,17-19,28H,5-8,10,15-16H2,1-4H3/b26-19+/t28-/m0/s1. The van der Waals surface area contributed by atoms with Crippen molar-refractivity contribution in [1.29, 1.82) is 0 Å². The quantitative estimate of drug-likeness (QED) is 0.390. The lowest BCUT2D eigenvalue weighted by atomic mass is 9.94. The van der Waals surface area contributed by atoms with Gasteiger partial charge in [0.25, 0.3) is 5.56 Å². The molecule has 8 heteroatoms. The molecule has 0 radical (unpaired) electrons. The summed E-state index contributed by atoms with van der Waals surface area (Å²) in [5.74, 6) is 0.209. The second-order valence-corrected chi connectivity index (χ2v) is 10.9. The normalized spacial score (nSPS) is 17.3. The largest absolute Gasteiger partial charge is 0.497 e. The molecule has 2 aliphatic heterocycles. The second kappa shape index (κ2) is 11.6. The number of nitrogens with zero attached hydrogens (tertiary/aromatic N) is 3. The SMILES string of the molecule is CCCC1=C(C(=O)OCC)[C@H](c2cccc(OC)c2)n2c(s/c(=C/c3ccc(N4CCCC4)cc3C)c2=O)=N1. The summed E-state index contributed by atoms with van der Waals surface area (Å²) in [6, 6.07) is 13.3. The third kappa shape index (κ3) is 5.30. The Morgan fingerprint density at radius 3 is 2.64 bits per heavy atom. The Morgan fingerprint density at radius 2 is 1.95 bits per heavy atom. The van der Waals surface area contributed by atoms with Gasteiger partial charge in [0.05, 0.1) is 35.6 Å². The first-order chi connectivity index (χ1) is 18.9. The van der Waals surface area contributed by atoms with E-state index >= 15 is 0 Å². The Morgan fingerprint density at radius 1 is 1.15 bits per heavy atom. The third-order valence-corrected chi connectivity index (χ3v) is 8.30. The summed E-state index contributed by atoms with van der Waals surface area (Å²) in [5, 5.41) is 0. The van der Waals surface area contributed by atoms with Gasteiger partial charge in [-0.1, -0.05) is 42.9 Å². The number of methoxy groups -OCH3 is 1. The van der Waals surface area contributed by atoms with Crippen LogP contribution in [0.25, 0.3) is 6.08 Å². The molecule has 0 saturated carbocycles. The van der Waals surface area contributed by atoms with E-state index in [-0.39, 0.29) is 12.2 Å². The molecule has 3 heterocycles. The molecule has 7 nitrogen and oxygen atoms in total. The van der Waals surface area contributed by atoms with Crippen molar-refractivity contribution in [2.75, 3.05) is 31.7 Å². The zero-order valence-corrected chi connectivity index (χ0v) is 23.8. The van der Waals surface area contributed by atoms with Crippen molar-refractivity contribution < 1.29 is 14.3 Å². The molecule has 39 heavy (non-hydrogen) atoms. The lowest BCUT2D eigenvalue weighted by molar-refractivity contribution is -0.139. The fourth-order valence-corrected chi connectivity index (χ4v) is 6.39. The molecule has 1 atom stereocenters. The van der Waals surface area contributed by atoms with Gasteiger partial charge < -0.3 is 14.4 Å².